The molecular formula is C26H19BrFN3O2S. The smallest absolute Gasteiger partial charge is 0.341 e. The van der Waals surface area contributed by atoms with Crippen LogP contribution in [0.25, 0.3) is 33.5 Å². The number of H-pyrrole nitrogens is 1. The average Bonchev–Trinajstić information content (AvgIpc) is 3.40. The fourth-order valence-corrected chi connectivity index (χ4v) is 5.42. The molecule has 0 amide bonds. The number of halogens is 2. The number of fused-ring (bicyclic) bond motifs is 1. The van der Waals surface area contributed by atoms with Crippen molar-refractivity contribution in [1.29, 1.82) is 0 Å². The van der Waals surface area contributed by atoms with Crippen LogP contribution in [-0.2, 0) is 4.74 Å². The van der Waals surface area contributed by atoms with Gasteiger partial charge in [0, 0.05) is 33.8 Å². The molecule has 0 aliphatic carbocycles. The molecule has 0 bridgehead atoms. The third-order valence-electron chi connectivity index (χ3n) is 5.49. The summed E-state index contributed by atoms with van der Waals surface area (Å²) in [5.74, 6) is -0.984. The van der Waals surface area contributed by atoms with Crippen LogP contribution in [0.1, 0.15) is 15.9 Å². The number of esters is 1. The predicted molar refractivity (Wildman–Crippen MR) is 136 cm³/mol. The first-order valence-corrected chi connectivity index (χ1v) is 12.0. The number of carbonyl (C=O) groups excluding carboxylic acids is 1. The second-order valence-corrected chi connectivity index (χ2v) is 9.52. The van der Waals surface area contributed by atoms with E-state index in [1.807, 2.05) is 59.6 Å². The van der Waals surface area contributed by atoms with Gasteiger partial charge in [-0.1, -0.05) is 24.3 Å². The number of rotatable bonds is 5. The van der Waals surface area contributed by atoms with Crippen LogP contribution in [0.3, 0.4) is 0 Å². The van der Waals surface area contributed by atoms with Gasteiger partial charge in [-0.05, 0) is 76.8 Å². The van der Waals surface area contributed by atoms with E-state index in [0.717, 1.165) is 27.1 Å². The minimum atomic E-state index is -0.563. The lowest BCUT2D eigenvalue weighted by molar-refractivity contribution is 0.0601. The second kappa shape index (κ2) is 9.12. The van der Waals surface area contributed by atoms with E-state index < -0.39 is 11.8 Å². The summed E-state index contributed by atoms with van der Waals surface area (Å²) in [5, 5.41) is 0.889. The highest BCUT2D eigenvalue weighted by molar-refractivity contribution is 9.10. The summed E-state index contributed by atoms with van der Waals surface area (Å²) in [4.78, 5) is 21.6. The minimum Gasteiger partial charge on any atom is -0.465 e. The first kappa shape index (κ1) is 22.4. The molecule has 0 atom stereocenters. The Kier molecular flexibility index (Phi) is 6.02. The lowest BCUT2D eigenvalue weighted by atomic mass is 10.1. The predicted octanol–water partition coefficient (Wildman–Crippen LogP) is 7.25. The Morgan fingerprint density at radius 3 is 2.62 bits per heavy atom. The van der Waals surface area contributed by atoms with E-state index in [-0.39, 0.29) is 5.56 Å². The van der Waals surface area contributed by atoms with Crippen LogP contribution in [0.2, 0.25) is 0 Å². The molecule has 8 heteroatoms. The third-order valence-corrected chi connectivity index (χ3v) is 7.26. The van der Waals surface area contributed by atoms with Gasteiger partial charge < -0.3 is 9.72 Å². The zero-order valence-electron chi connectivity index (χ0n) is 18.3. The van der Waals surface area contributed by atoms with Crippen LogP contribution in [0.15, 0.2) is 82.4 Å². The number of aromatic nitrogens is 3. The van der Waals surface area contributed by atoms with Crippen molar-refractivity contribution in [2.45, 2.75) is 11.8 Å². The standard InChI is InChI=1S/C26H19BrFN3O2S/c1-15-8-9-19(20(28)14-15)23-21(26(32)33-2)22(27)24(30-23)17-10-12-29-25-18(17)11-13-31(25)34-16-6-4-3-5-7-16/h3-14,30H,1-2H3. The highest BCUT2D eigenvalue weighted by Gasteiger charge is 2.26. The normalized spacial score (nSPS) is 11.2. The van der Waals surface area contributed by atoms with Crippen molar-refractivity contribution < 1.29 is 13.9 Å². The lowest BCUT2D eigenvalue weighted by Crippen LogP contribution is -2.03. The highest BCUT2D eigenvalue weighted by Crippen LogP contribution is 2.41. The molecule has 0 aliphatic heterocycles. The number of ether oxygens (including phenoxy) is 1. The molecule has 0 fully saturated rings. The molecular weight excluding hydrogens is 517 g/mol. The summed E-state index contributed by atoms with van der Waals surface area (Å²) < 4.78 is 22.4. The van der Waals surface area contributed by atoms with Crippen molar-refractivity contribution >= 4 is 44.9 Å². The van der Waals surface area contributed by atoms with Crippen molar-refractivity contribution in [2.24, 2.45) is 0 Å². The molecule has 5 nitrogen and oxygen atoms in total. The van der Waals surface area contributed by atoms with Gasteiger partial charge in [0.15, 0.2) is 5.65 Å². The topological polar surface area (TPSA) is 59.9 Å². The molecule has 0 saturated carbocycles. The Hall–Kier alpha value is -3.36. The van der Waals surface area contributed by atoms with E-state index >= 15 is 0 Å². The van der Waals surface area contributed by atoms with Crippen molar-refractivity contribution in [3.8, 4) is 22.5 Å². The average molecular weight is 536 g/mol. The number of benzene rings is 2. The molecule has 34 heavy (non-hydrogen) atoms. The molecule has 0 aliphatic rings. The van der Waals surface area contributed by atoms with Crippen molar-refractivity contribution in [1.82, 2.24) is 13.9 Å². The maximum atomic E-state index is 14.9. The van der Waals surface area contributed by atoms with E-state index in [2.05, 4.69) is 25.9 Å². The largest absolute Gasteiger partial charge is 0.465 e. The lowest BCUT2D eigenvalue weighted by Gasteiger charge is -2.06. The Balaban J connectivity index is 1.68. The van der Waals surface area contributed by atoms with Crippen LogP contribution in [0, 0.1) is 12.7 Å². The molecule has 170 valence electrons. The summed E-state index contributed by atoms with van der Waals surface area (Å²) in [5.41, 5.74) is 3.92. The fourth-order valence-electron chi connectivity index (χ4n) is 3.88. The Bertz CT molecular complexity index is 1530. The summed E-state index contributed by atoms with van der Waals surface area (Å²) in [7, 11) is 1.31. The van der Waals surface area contributed by atoms with E-state index in [1.165, 1.54) is 13.2 Å². The highest BCUT2D eigenvalue weighted by atomic mass is 79.9. The van der Waals surface area contributed by atoms with Gasteiger partial charge in [0.1, 0.15) is 11.4 Å². The summed E-state index contributed by atoms with van der Waals surface area (Å²) in [6.07, 6.45) is 3.67. The van der Waals surface area contributed by atoms with Gasteiger partial charge in [0.05, 0.1) is 23.0 Å². The maximum absolute atomic E-state index is 14.9. The Morgan fingerprint density at radius 2 is 1.88 bits per heavy atom. The fraction of sp³-hybridized carbons (Fsp3) is 0.0769. The Labute approximate surface area is 208 Å². The van der Waals surface area contributed by atoms with Crippen LogP contribution >= 0.6 is 27.9 Å². The van der Waals surface area contributed by atoms with Crippen molar-refractivity contribution in [2.75, 3.05) is 7.11 Å². The number of hydrogen-bond acceptors (Lipinski definition) is 4. The van der Waals surface area contributed by atoms with Gasteiger partial charge in [-0.2, -0.15) is 0 Å². The maximum Gasteiger partial charge on any atom is 0.341 e. The van der Waals surface area contributed by atoms with Gasteiger partial charge in [-0.3, -0.25) is 3.97 Å². The number of aryl methyl sites for hydroxylation is 1. The van der Waals surface area contributed by atoms with Crippen LogP contribution in [-0.4, -0.2) is 27.0 Å². The zero-order chi connectivity index (χ0) is 23.8. The SMILES string of the molecule is COC(=O)c1c(-c2ccc(C)cc2F)[nH]c(-c2ccnc3c2ccn3Sc2ccccc2)c1Br. The molecule has 2 aromatic carbocycles. The minimum absolute atomic E-state index is 0.239. The van der Waals surface area contributed by atoms with E-state index in [9.17, 15) is 9.18 Å². The molecule has 1 N–H and O–H groups in total. The quantitative estimate of drug-likeness (QED) is 0.241. The molecule has 0 spiro atoms. The van der Waals surface area contributed by atoms with Gasteiger partial charge >= 0.3 is 5.97 Å². The summed E-state index contributed by atoms with van der Waals surface area (Å²) in [6, 6.07) is 18.8. The number of methoxy groups -OCH3 is 1. The van der Waals surface area contributed by atoms with Gasteiger partial charge in [-0.25, -0.2) is 14.2 Å². The zero-order valence-corrected chi connectivity index (χ0v) is 20.7. The van der Waals surface area contributed by atoms with Crippen LogP contribution in [0.5, 0.6) is 0 Å². The van der Waals surface area contributed by atoms with Gasteiger partial charge in [0.2, 0.25) is 0 Å². The molecule has 0 saturated heterocycles. The number of nitrogens with one attached hydrogen (secondary N) is 1. The number of carbonyl (C=O) groups is 1. The molecule has 0 radical (unpaired) electrons. The molecule has 5 rings (SSSR count). The first-order chi connectivity index (χ1) is 16.5. The van der Waals surface area contributed by atoms with Gasteiger partial charge in [0.25, 0.3) is 0 Å². The molecule has 3 aromatic heterocycles. The number of aromatic amines is 1. The second-order valence-electron chi connectivity index (χ2n) is 7.68. The summed E-state index contributed by atoms with van der Waals surface area (Å²) >= 11 is 5.13. The molecule has 3 heterocycles. The van der Waals surface area contributed by atoms with Crippen LogP contribution in [0.4, 0.5) is 4.39 Å². The van der Waals surface area contributed by atoms with Gasteiger partial charge in [-0.15, -0.1) is 0 Å². The first-order valence-electron chi connectivity index (χ1n) is 10.4. The molecule has 0 unspecified atom stereocenters. The number of nitrogens with zero attached hydrogens (tertiary/aromatic N) is 2. The van der Waals surface area contributed by atoms with Crippen molar-refractivity contribution in [3.63, 3.8) is 0 Å². The van der Waals surface area contributed by atoms with Crippen molar-refractivity contribution in [3.05, 3.63) is 94.5 Å². The molecule has 5 aromatic rings. The Morgan fingerprint density at radius 1 is 1.09 bits per heavy atom. The van der Waals surface area contributed by atoms with E-state index in [0.29, 0.717) is 21.4 Å². The summed E-state index contributed by atoms with van der Waals surface area (Å²) in [6.45, 7) is 1.82. The van der Waals surface area contributed by atoms with E-state index in [1.54, 1.807) is 30.3 Å². The third kappa shape index (κ3) is 3.93. The van der Waals surface area contributed by atoms with Crippen LogP contribution < -0.4 is 0 Å². The number of hydrogen-bond donors (Lipinski definition) is 1. The number of pyridine rings is 1. The van der Waals surface area contributed by atoms with E-state index in [4.69, 9.17) is 4.74 Å². The monoisotopic (exact) mass is 535 g/mol.